The molecule has 2 atom stereocenters. The molecule has 0 heterocycles. The molecule has 2 aromatic carbocycles. The second-order valence-electron chi connectivity index (χ2n) is 5.62. The first-order valence-corrected chi connectivity index (χ1v) is 7.74. The molecule has 0 aliphatic rings. The predicted molar refractivity (Wildman–Crippen MR) is 88.7 cm³/mol. The molecule has 0 amide bonds. The van der Waals surface area contributed by atoms with Gasteiger partial charge in [-0.2, -0.15) is 0 Å². The van der Waals surface area contributed by atoms with E-state index in [-0.39, 0.29) is 0 Å². The molecular weight excluding hydrogens is 258 g/mol. The SMILES string of the molecule is CCC(C)C(C)NCc1cccc(Oc2ccccc2)c1. The maximum Gasteiger partial charge on any atom is 0.127 e. The average molecular weight is 283 g/mol. The molecule has 0 saturated carbocycles. The first-order chi connectivity index (χ1) is 10.2. The smallest absolute Gasteiger partial charge is 0.127 e. The van der Waals surface area contributed by atoms with Crippen LogP contribution in [0, 0.1) is 5.92 Å². The number of ether oxygens (including phenoxy) is 1. The monoisotopic (exact) mass is 283 g/mol. The van der Waals surface area contributed by atoms with Gasteiger partial charge in [-0.1, -0.05) is 50.6 Å². The Kier molecular flexibility index (Phi) is 5.82. The zero-order valence-electron chi connectivity index (χ0n) is 13.2. The van der Waals surface area contributed by atoms with Crippen LogP contribution in [0.1, 0.15) is 32.8 Å². The Balaban J connectivity index is 1.95. The van der Waals surface area contributed by atoms with Gasteiger partial charge in [-0.3, -0.25) is 0 Å². The highest BCUT2D eigenvalue weighted by atomic mass is 16.5. The van der Waals surface area contributed by atoms with Gasteiger partial charge in [0.05, 0.1) is 0 Å². The van der Waals surface area contributed by atoms with Gasteiger partial charge < -0.3 is 10.1 Å². The van der Waals surface area contributed by atoms with E-state index in [9.17, 15) is 0 Å². The Labute approximate surface area is 128 Å². The lowest BCUT2D eigenvalue weighted by Crippen LogP contribution is -2.31. The van der Waals surface area contributed by atoms with Crippen LogP contribution in [0.4, 0.5) is 0 Å². The van der Waals surface area contributed by atoms with Crippen LogP contribution in [0.2, 0.25) is 0 Å². The molecule has 0 radical (unpaired) electrons. The lowest BCUT2D eigenvalue weighted by atomic mass is 10.0. The molecule has 0 aliphatic carbocycles. The highest BCUT2D eigenvalue weighted by molar-refractivity contribution is 5.33. The molecule has 2 unspecified atom stereocenters. The largest absolute Gasteiger partial charge is 0.457 e. The van der Waals surface area contributed by atoms with Gasteiger partial charge in [0, 0.05) is 12.6 Å². The third-order valence-corrected chi connectivity index (χ3v) is 4.00. The number of nitrogens with one attached hydrogen (secondary N) is 1. The molecular formula is C19H25NO. The lowest BCUT2D eigenvalue weighted by molar-refractivity contribution is 0.389. The van der Waals surface area contributed by atoms with Crippen molar-refractivity contribution < 1.29 is 4.74 Å². The van der Waals surface area contributed by atoms with Crippen LogP contribution in [-0.4, -0.2) is 6.04 Å². The summed E-state index contributed by atoms with van der Waals surface area (Å²) in [6, 6.07) is 18.7. The average Bonchev–Trinajstić information content (AvgIpc) is 2.53. The minimum atomic E-state index is 0.522. The fraction of sp³-hybridized carbons (Fsp3) is 0.368. The van der Waals surface area contributed by atoms with Crippen LogP contribution < -0.4 is 10.1 Å². The first-order valence-electron chi connectivity index (χ1n) is 7.74. The Morgan fingerprint density at radius 2 is 1.67 bits per heavy atom. The lowest BCUT2D eigenvalue weighted by Gasteiger charge is -2.20. The molecule has 2 aromatic rings. The summed E-state index contributed by atoms with van der Waals surface area (Å²) in [6.07, 6.45) is 1.20. The first kappa shape index (κ1) is 15.6. The Morgan fingerprint density at radius 3 is 2.38 bits per heavy atom. The zero-order valence-corrected chi connectivity index (χ0v) is 13.2. The second kappa shape index (κ2) is 7.84. The minimum absolute atomic E-state index is 0.522. The van der Waals surface area contributed by atoms with Crippen LogP contribution in [0.15, 0.2) is 54.6 Å². The highest BCUT2D eigenvalue weighted by Gasteiger charge is 2.09. The minimum Gasteiger partial charge on any atom is -0.457 e. The number of rotatable bonds is 7. The molecule has 2 rings (SSSR count). The molecule has 0 bridgehead atoms. The normalized spacial score (nSPS) is 13.7. The van der Waals surface area contributed by atoms with Crippen molar-refractivity contribution in [3.63, 3.8) is 0 Å². The summed E-state index contributed by atoms with van der Waals surface area (Å²) in [6.45, 7) is 7.64. The van der Waals surface area contributed by atoms with Gasteiger partial charge in [-0.25, -0.2) is 0 Å². The van der Waals surface area contributed by atoms with Crippen molar-refractivity contribution in [2.75, 3.05) is 0 Å². The van der Waals surface area contributed by atoms with Gasteiger partial charge in [-0.05, 0) is 42.7 Å². The van der Waals surface area contributed by atoms with Gasteiger partial charge in [-0.15, -0.1) is 0 Å². The summed E-state index contributed by atoms with van der Waals surface area (Å²) in [7, 11) is 0. The zero-order chi connectivity index (χ0) is 15.1. The fourth-order valence-electron chi connectivity index (χ4n) is 2.18. The summed E-state index contributed by atoms with van der Waals surface area (Å²) >= 11 is 0. The van der Waals surface area contributed by atoms with E-state index in [0.717, 1.165) is 18.0 Å². The van der Waals surface area contributed by atoms with Crippen LogP contribution in [0.25, 0.3) is 0 Å². The van der Waals surface area contributed by atoms with Gasteiger partial charge in [0.15, 0.2) is 0 Å². The van der Waals surface area contributed by atoms with E-state index in [4.69, 9.17) is 4.74 Å². The molecule has 0 aromatic heterocycles. The number of hydrogen-bond donors (Lipinski definition) is 1. The summed E-state index contributed by atoms with van der Waals surface area (Å²) in [5.41, 5.74) is 1.25. The van der Waals surface area contributed by atoms with Gasteiger partial charge >= 0.3 is 0 Å². The molecule has 0 aliphatic heterocycles. The maximum atomic E-state index is 5.87. The van der Waals surface area contributed by atoms with Crippen molar-refractivity contribution in [1.29, 1.82) is 0 Å². The number of hydrogen-bond acceptors (Lipinski definition) is 2. The quantitative estimate of drug-likeness (QED) is 0.771. The molecule has 0 saturated heterocycles. The van der Waals surface area contributed by atoms with Crippen molar-refractivity contribution in [3.05, 3.63) is 60.2 Å². The number of benzene rings is 2. The van der Waals surface area contributed by atoms with Gasteiger partial charge in [0.25, 0.3) is 0 Å². The third kappa shape index (κ3) is 4.91. The van der Waals surface area contributed by atoms with Crippen molar-refractivity contribution in [2.24, 2.45) is 5.92 Å². The van der Waals surface area contributed by atoms with E-state index in [1.54, 1.807) is 0 Å². The van der Waals surface area contributed by atoms with Crippen molar-refractivity contribution in [2.45, 2.75) is 39.8 Å². The summed E-state index contributed by atoms with van der Waals surface area (Å²) in [5.74, 6) is 2.45. The van der Waals surface area contributed by atoms with Crippen molar-refractivity contribution >= 4 is 0 Å². The fourth-order valence-corrected chi connectivity index (χ4v) is 2.18. The van der Waals surface area contributed by atoms with Crippen molar-refractivity contribution in [3.8, 4) is 11.5 Å². The van der Waals surface area contributed by atoms with E-state index in [1.807, 2.05) is 42.5 Å². The van der Waals surface area contributed by atoms with E-state index in [0.29, 0.717) is 12.0 Å². The molecule has 2 nitrogen and oxygen atoms in total. The summed E-state index contributed by atoms with van der Waals surface area (Å²) in [4.78, 5) is 0. The standard InChI is InChI=1S/C19H25NO/c1-4-15(2)16(3)20-14-17-9-8-12-19(13-17)21-18-10-6-5-7-11-18/h5-13,15-16,20H,4,14H2,1-3H3. The maximum absolute atomic E-state index is 5.87. The molecule has 0 fully saturated rings. The number of para-hydroxylation sites is 1. The van der Waals surface area contributed by atoms with E-state index < -0.39 is 0 Å². The Hall–Kier alpha value is -1.80. The van der Waals surface area contributed by atoms with Crippen LogP contribution in [0.3, 0.4) is 0 Å². The highest BCUT2D eigenvalue weighted by Crippen LogP contribution is 2.21. The second-order valence-corrected chi connectivity index (χ2v) is 5.62. The van der Waals surface area contributed by atoms with Crippen LogP contribution >= 0.6 is 0 Å². The Bertz CT molecular complexity index is 538. The van der Waals surface area contributed by atoms with E-state index in [1.165, 1.54) is 12.0 Å². The van der Waals surface area contributed by atoms with Crippen LogP contribution in [0.5, 0.6) is 11.5 Å². The molecule has 21 heavy (non-hydrogen) atoms. The van der Waals surface area contributed by atoms with Crippen LogP contribution in [-0.2, 0) is 6.54 Å². The third-order valence-electron chi connectivity index (χ3n) is 4.00. The van der Waals surface area contributed by atoms with Gasteiger partial charge in [0.1, 0.15) is 11.5 Å². The van der Waals surface area contributed by atoms with E-state index in [2.05, 4.69) is 38.2 Å². The molecule has 1 N–H and O–H groups in total. The summed E-state index contributed by atoms with van der Waals surface area (Å²) in [5, 5.41) is 3.59. The molecule has 2 heteroatoms. The van der Waals surface area contributed by atoms with Gasteiger partial charge in [0.2, 0.25) is 0 Å². The predicted octanol–water partition coefficient (Wildman–Crippen LogP) is 5.00. The Morgan fingerprint density at radius 1 is 0.952 bits per heavy atom. The topological polar surface area (TPSA) is 21.3 Å². The summed E-state index contributed by atoms with van der Waals surface area (Å²) < 4.78 is 5.87. The molecule has 0 spiro atoms. The van der Waals surface area contributed by atoms with E-state index >= 15 is 0 Å². The molecule has 112 valence electrons. The van der Waals surface area contributed by atoms with Crippen molar-refractivity contribution in [1.82, 2.24) is 5.32 Å².